The van der Waals surface area contributed by atoms with Gasteiger partial charge in [0.2, 0.25) is 0 Å². The normalized spacial score (nSPS) is 12.0. The van der Waals surface area contributed by atoms with Gasteiger partial charge >= 0.3 is 5.97 Å². The van der Waals surface area contributed by atoms with Gasteiger partial charge in [-0.3, -0.25) is 4.79 Å². The Labute approximate surface area is 235 Å². The van der Waals surface area contributed by atoms with Gasteiger partial charge in [-0.1, -0.05) is 78.8 Å². The van der Waals surface area contributed by atoms with Crippen LogP contribution in [0.5, 0.6) is 0 Å². The maximum absolute atomic E-state index is 13.7. The first-order chi connectivity index (χ1) is 19.9. The summed E-state index contributed by atoms with van der Waals surface area (Å²) in [5.74, 6) is -1.33. The molecule has 0 aliphatic rings. The molecule has 0 bridgehead atoms. The van der Waals surface area contributed by atoms with Crippen LogP contribution in [0.25, 0.3) is 32.8 Å². The lowest BCUT2D eigenvalue weighted by Crippen LogP contribution is -2.23. The lowest BCUT2D eigenvalue weighted by atomic mass is 9.91. The van der Waals surface area contributed by atoms with E-state index in [1.165, 1.54) is 24.3 Å². The van der Waals surface area contributed by atoms with E-state index >= 15 is 0 Å². The molecule has 6 nitrogen and oxygen atoms in total. The second kappa shape index (κ2) is 10.7. The molecule has 6 rings (SSSR count). The zero-order chi connectivity index (χ0) is 28.5. The van der Waals surface area contributed by atoms with Crippen LogP contribution >= 0.6 is 0 Å². The summed E-state index contributed by atoms with van der Waals surface area (Å²) in [6.45, 7) is 2.21. The fourth-order valence-corrected chi connectivity index (χ4v) is 5.06. The molecular weight excluding hydrogens is 519 g/mol. The number of halogens is 1. The summed E-state index contributed by atoms with van der Waals surface area (Å²) >= 11 is 0. The first-order valence-corrected chi connectivity index (χ1v) is 13.2. The fourth-order valence-electron chi connectivity index (χ4n) is 5.06. The zero-order valence-corrected chi connectivity index (χ0v) is 22.1. The van der Waals surface area contributed by atoms with Crippen LogP contribution in [0.2, 0.25) is 0 Å². The van der Waals surface area contributed by atoms with E-state index in [1.54, 1.807) is 30.3 Å². The van der Waals surface area contributed by atoms with Crippen molar-refractivity contribution >= 4 is 33.6 Å². The van der Waals surface area contributed by atoms with Crippen molar-refractivity contribution in [2.24, 2.45) is 0 Å². The molecule has 0 aliphatic carbocycles. The summed E-state index contributed by atoms with van der Waals surface area (Å²) in [7, 11) is 0. The van der Waals surface area contributed by atoms with Crippen molar-refractivity contribution in [3.63, 3.8) is 0 Å². The molecule has 1 aromatic heterocycles. The van der Waals surface area contributed by atoms with Gasteiger partial charge in [0.15, 0.2) is 5.76 Å². The summed E-state index contributed by atoms with van der Waals surface area (Å²) < 4.78 is 19.5. The van der Waals surface area contributed by atoms with Gasteiger partial charge in [0.05, 0.1) is 16.5 Å². The second-order valence-electron chi connectivity index (χ2n) is 9.98. The molecule has 5 aromatic carbocycles. The lowest BCUT2D eigenvalue weighted by molar-refractivity contribution is 0.0696. The van der Waals surface area contributed by atoms with Crippen molar-refractivity contribution in [1.82, 2.24) is 10.5 Å². The van der Waals surface area contributed by atoms with Crippen LogP contribution in [0, 0.1) is 5.82 Å². The Kier molecular flexibility index (Phi) is 6.77. The Bertz CT molecular complexity index is 1910. The van der Waals surface area contributed by atoms with E-state index in [2.05, 4.69) is 40.8 Å². The van der Waals surface area contributed by atoms with Gasteiger partial charge < -0.3 is 14.9 Å². The van der Waals surface area contributed by atoms with Crippen LogP contribution in [0.3, 0.4) is 0 Å². The van der Waals surface area contributed by atoms with Gasteiger partial charge in [0, 0.05) is 12.5 Å². The molecule has 7 heteroatoms. The molecule has 0 unspecified atom stereocenters. The largest absolute Gasteiger partial charge is 0.478 e. The van der Waals surface area contributed by atoms with Crippen LogP contribution in [0.15, 0.2) is 108 Å². The third-order valence-corrected chi connectivity index (χ3v) is 7.35. The third-order valence-electron chi connectivity index (χ3n) is 7.35. The number of hydrogen-bond acceptors (Lipinski definition) is 4. The summed E-state index contributed by atoms with van der Waals surface area (Å²) in [6.07, 6.45) is 0. The van der Waals surface area contributed by atoms with E-state index < -0.39 is 5.97 Å². The summed E-state index contributed by atoms with van der Waals surface area (Å²) in [6, 6.07) is 30.3. The fraction of sp³-hybridized carbons (Fsp3) is 0.0882. The quantitative estimate of drug-likeness (QED) is 0.216. The number of aromatic nitrogens is 1. The molecule has 0 saturated carbocycles. The van der Waals surface area contributed by atoms with Gasteiger partial charge in [-0.15, -0.1) is 0 Å². The smallest absolute Gasteiger partial charge is 0.335 e. The van der Waals surface area contributed by atoms with E-state index in [0.717, 1.165) is 27.5 Å². The molecule has 6 aromatic rings. The number of nitrogens with one attached hydrogen (secondary N) is 1. The topological polar surface area (TPSA) is 92.4 Å². The molecule has 0 saturated heterocycles. The Balaban J connectivity index is 1.40. The van der Waals surface area contributed by atoms with Crippen LogP contribution in [0.4, 0.5) is 4.39 Å². The number of benzene rings is 5. The minimum Gasteiger partial charge on any atom is -0.478 e. The number of aromatic carboxylic acids is 1. The number of rotatable bonds is 7. The van der Waals surface area contributed by atoms with Gasteiger partial charge in [-0.25, -0.2) is 9.18 Å². The summed E-state index contributed by atoms with van der Waals surface area (Å²) in [5, 5.41) is 19.3. The van der Waals surface area contributed by atoms with Crippen molar-refractivity contribution in [2.45, 2.75) is 19.4 Å². The highest BCUT2D eigenvalue weighted by Crippen LogP contribution is 2.36. The molecule has 0 fully saturated rings. The molecule has 202 valence electrons. The summed E-state index contributed by atoms with van der Waals surface area (Å²) in [4.78, 5) is 24.9. The average molecular weight is 545 g/mol. The molecule has 1 heterocycles. The Morgan fingerprint density at radius 3 is 2.34 bits per heavy atom. The monoisotopic (exact) mass is 544 g/mol. The molecular formula is C34H25FN2O4. The second-order valence-corrected chi connectivity index (χ2v) is 9.98. The van der Waals surface area contributed by atoms with Gasteiger partial charge in [-0.2, -0.15) is 0 Å². The Morgan fingerprint density at radius 2 is 1.61 bits per heavy atom. The van der Waals surface area contributed by atoms with E-state index in [0.29, 0.717) is 27.8 Å². The maximum atomic E-state index is 13.7. The minimum atomic E-state index is -1.01. The summed E-state index contributed by atoms with van der Waals surface area (Å²) in [5.41, 5.74) is 4.29. The van der Waals surface area contributed by atoms with Crippen molar-refractivity contribution < 1.29 is 23.6 Å². The van der Waals surface area contributed by atoms with Crippen molar-refractivity contribution in [3.8, 4) is 11.1 Å². The number of amides is 1. The van der Waals surface area contributed by atoms with Crippen molar-refractivity contribution in [1.29, 1.82) is 0 Å². The molecule has 1 atom stereocenters. The number of hydrogen-bond donors (Lipinski definition) is 2. The Hall–Kier alpha value is -5.30. The van der Waals surface area contributed by atoms with Crippen LogP contribution < -0.4 is 5.32 Å². The van der Waals surface area contributed by atoms with Crippen LogP contribution in [-0.2, 0) is 6.54 Å². The minimum absolute atomic E-state index is 0.172. The van der Waals surface area contributed by atoms with Gasteiger partial charge in [-0.05, 0) is 69.4 Å². The highest BCUT2D eigenvalue weighted by Gasteiger charge is 2.24. The molecule has 0 aliphatic heterocycles. The Morgan fingerprint density at radius 1 is 0.878 bits per heavy atom. The number of carbonyl (C=O) groups excluding carboxylic acids is 1. The predicted molar refractivity (Wildman–Crippen MR) is 155 cm³/mol. The number of carboxylic acids is 1. The van der Waals surface area contributed by atoms with Crippen molar-refractivity contribution in [2.75, 3.05) is 0 Å². The van der Waals surface area contributed by atoms with Crippen molar-refractivity contribution in [3.05, 3.63) is 137 Å². The van der Waals surface area contributed by atoms with Crippen LogP contribution in [-0.4, -0.2) is 22.1 Å². The van der Waals surface area contributed by atoms with E-state index in [1.807, 2.05) is 25.1 Å². The van der Waals surface area contributed by atoms with E-state index in [4.69, 9.17) is 9.63 Å². The predicted octanol–water partition coefficient (Wildman–Crippen LogP) is 7.57. The average Bonchev–Trinajstić information content (AvgIpc) is 3.43. The van der Waals surface area contributed by atoms with Gasteiger partial charge in [0.25, 0.3) is 5.91 Å². The molecule has 0 radical (unpaired) electrons. The number of fused-ring (bicyclic) bond motifs is 2. The molecule has 1 amide bonds. The molecule has 0 spiro atoms. The van der Waals surface area contributed by atoms with Crippen LogP contribution in [0.1, 0.15) is 50.4 Å². The van der Waals surface area contributed by atoms with Gasteiger partial charge in [0.1, 0.15) is 11.3 Å². The zero-order valence-electron chi connectivity index (χ0n) is 22.1. The number of carbonyl (C=O) groups is 2. The number of carboxylic acid groups (broad SMARTS) is 1. The SMILES string of the molecule is C[C@@H](c1ccc2ccccc2c1)c1onc2cc(-c3ccc(F)cc3)cc(C(=O)NCc3ccc(C(=O)O)cc3)c12. The molecule has 2 N–H and O–H groups in total. The number of nitrogens with zero attached hydrogens (tertiary/aromatic N) is 1. The van der Waals surface area contributed by atoms with E-state index in [-0.39, 0.29) is 29.8 Å². The first kappa shape index (κ1) is 26.0. The first-order valence-electron chi connectivity index (χ1n) is 13.2. The highest BCUT2D eigenvalue weighted by molar-refractivity contribution is 6.09. The molecule has 41 heavy (non-hydrogen) atoms. The van der Waals surface area contributed by atoms with E-state index in [9.17, 15) is 14.0 Å². The lowest BCUT2D eigenvalue weighted by Gasteiger charge is -2.13. The standard InChI is InChI=1S/C34H25FN2O4/c1-20(25-11-10-22-4-2-3-5-26(22)16-25)32-31-29(33(38)36-19-21-6-8-24(9-7-21)34(39)40)17-27(18-30(31)37-41-32)23-12-14-28(35)15-13-23/h2-18,20H,19H2,1H3,(H,36,38)(H,39,40)/t20-/m0/s1. The third kappa shape index (κ3) is 5.17. The highest BCUT2D eigenvalue weighted by atomic mass is 19.1. The maximum Gasteiger partial charge on any atom is 0.335 e.